The Labute approximate surface area is 233 Å². The summed E-state index contributed by atoms with van der Waals surface area (Å²) in [6.45, 7) is 4.02. The van der Waals surface area contributed by atoms with E-state index in [4.69, 9.17) is 4.98 Å². The second kappa shape index (κ2) is 10.4. The van der Waals surface area contributed by atoms with Crippen molar-refractivity contribution in [2.45, 2.75) is 25.8 Å². The molecule has 2 fully saturated rings. The van der Waals surface area contributed by atoms with Crippen LogP contribution in [-0.2, 0) is 0 Å². The van der Waals surface area contributed by atoms with Crippen molar-refractivity contribution < 1.29 is 19.1 Å². The zero-order chi connectivity index (χ0) is 28.0. The Bertz CT molecular complexity index is 1660. The van der Waals surface area contributed by atoms with Crippen molar-refractivity contribution in [2.75, 3.05) is 42.5 Å². The van der Waals surface area contributed by atoms with E-state index in [1.54, 1.807) is 20.4 Å². The van der Waals surface area contributed by atoms with E-state index < -0.39 is 17.2 Å². The van der Waals surface area contributed by atoms with Gasteiger partial charge in [0.25, 0.3) is 0 Å². The number of urea groups is 1. The fourth-order valence-corrected chi connectivity index (χ4v) is 6.09. The molecular weight excluding hydrogens is 533 g/mol. The van der Waals surface area contributed by atoms with Gasteiger partial charge in [0.05, 0.1) is 16.9 Å². The molecule has 0 bridgehead atoms. The van der Waals surface area contributed by atoms with Crippen molar-refractivity contribution in [3.05, 3.63) is 75.6 Å². The van der Waals surface area contributed by atoms with Crippen molar-refractivity contribution in [3.8, 4) is 11.3 Å². The summed E-state index contributed by atoms with van der Waals surface area (Å²) in [4.78, 5) is 47.8. The summed E-state index contributed by atoms with van der Waals surface area (Å²) in [5.41, 5.74) is 1.65. The van der Waals surface area contributed by atoms with E-state index in [0.717, 1.165) is 30.2 Å². The van der Waals surface area contributed by atoms with Crippen molar-refractivity contribution >= 4 is 45.1 Å². The fourth-order valence-electron chi connectivity index (χ4n) is 5.20. The Morgan fingerprint density at radius 3 is 2.50 bits per heavy atom. The number of carbonyl (C=O) groups excluding carboxylic acids is 1. The van der Waals surface area contributed by atoms with E-state index in [9.17, 15) is 19.5 Å². The second-order valence-corrected chi connectivity index (χ2v) is 10.9. The van der Waals surface area contributed by atoms with Gasteiger partial charge in [-0.25, -0.2) is 19.0 Å². The fraction of sp³-hybridized carbons (Fsp3) is 0.310. The molecule has 0 radical (unpaired) electrons. The zero-order valence-corrected chi connectivity index (χ0v) is 22.7. The molecule has 40 heavy (non-hydrogen) atoms. The smallest absolute Gasteiger partial charge is 0.341 e. The average Bonchev–Trinajstić information content (AvgIpc) is 3.70. The molecule has 9 nitrogen and oxygen atoms in total. The van der Waals surface area contributed by atoms with Crippen LogP contribution in [0.15, 0.2) is 58.8 Å². The summed E-state index contributed by atoms with van der Waals surface area (Å²) in [6.07, 6.45) is 3.14. The number of amides is 2. The molecule has 2 aromatic heterocycles. The summed E-state index contributed by atoms with van der Waals surface area (Å²) in [5, 5.41) is 12.1. The molecule has 2 amide bonds. The molecule has 2 aromatic carbocycles. The molecule has 1 N–H and O–H groups in total. The van der Waals surface area contributed by atoms with Crippen molar-refractivity contribution in [1.82, 2.24) is 14.5 Å². The summed E-state index contributed by atoms with van der Waals surface area (Å²) >= 11 is 1.43. The van der Waals surface area contributed by atoms with Crippen molar-refractivity contribution in [3.63, 3.8) is 0 Å². The molecule has 0 atom stereocenters. The molecule has 1 saturated heterocycles. The van der Waals surface area contributed by atoms with E-state index in [-0.39, 0.29) is 23.0 Å². The van der Waals surface area contributed by atoms with Crippen LogP contribution in [0, 0.1) is 5.82 Å². The Morgan fingerprint density at radius 2 is 1.85 bits per heavy atom. The molecule has 206 valence electrons. The number of carbonyl (C=O) groups is 2. The van der Waals surface area contributed by atoms with Gasteiger partial charge in [0.1, 0.15) is 11.4 Å². The lowest BCUT2D eigenvalue weighted by Gasteiger charge is -2.38. The topological polar surface area (TPSA) is 99.0 Å². The van der Waals surface area contributed by atoms with E-state index in [1.165, 1.54) is 17.5 Å². The number of anilines is 2. The standard InChI is InChI=1S/C29H28FN5O4S/c1-2-34(28-31-23(17-40-28)18-6-4-3-5-7-18)29(39)33-12-10-32(11-13-33)25-15-24-20(14-22(25)30)26(36)21(27(37)38)16-35(24)19-8-9-19/h3-7,14-17,19H,2,8-13H2,1H3,(H,37,38). The van der Waals surface area contributed by atoms with Crippen LogP contribution in [0.4, 0.5) is 20.0 Å². The van der Waals surface area contributed by atoms with Gasteiger partial charge >= 0.3 is 12.0 Å². The third-order valence-corrected chi connectivity index (χ3v) is 8.37. The van der Waals surface area contributed by atoms with Gasteiger partial charge < -0.3 is 19.5 Å². The third kappa shape index (κ3) is 4.70. The molecule has 0 spiro atoms. The normalized spacial score (nSPS) is 15.4. The van der Waals surface area contributed by atoms with E-state index >= 15 is 4.39 Å². The van der Waals surface area contributed by atoms with Gasteiger partial charge in [0.2, 0.25) is 5.43 Å². The number of aromatic nitrogens is 2. The quantitative estimate of drug-likeness (QED) is 0.353. The Morgan fingerprint density at radius 1 is 1.12 bits per heavy atom. The molecule has 1 aliphatic carbocycles. The van der Waals surface area contributed by atoms with Gasteiger partial charge in [-0.1, -0.05) is 30.3 Å². The number of hydrogen-bond acceptors (Lipinski definition) is 6. The van der Waals surface area contributed by atoms with Crippen LogP contribution in [0.3, 0.4) is 0 Å². The number of benzene rings is 2. The summed E-state index contributed by atoms with van der Waals surface area (Å²) < 4.78 is 17.1. The lowest BCUT2D eigenvalue weighted by atomic mass is 10.1. The highest BCUT2D eigenvalue weighted by molar-refractivity contribution is 7.14. The number of halogens is 1. The third-order valence-electron chi connectivity index (χ3n) is 7.50. The van der Waals surface area contributed by atoms with Crippen LogP contribution in [0.1, 0.15) is 36.2 Å². The zero-order valence-electron chi connectivity index (χ0n) is 21.9. The number of thiazole rings is 1. The molecule has 3 heterocycles. The first-order chi connectivity index (χ1) is 19.4. The van der Waals surface area contributed by atoms with Gasteiger partial charge in [-0.2, -0.15) is 0 Å². The molecule has 1 aliphatic heterocycles. The van der Waals surface area contributed by atoms with Gasteiger partial charge in [0.15, 0.2) is 5.13 Å². The number of carboxylic acids is 1. The van der Waals surface area contributed by atoms with Gasteiger partial charge in [-0.05, 0) is 31.9 Å². The van der Waals surface area contributed by atoms with Crippen LogP contribution < -0.4 is 15.2 Å². The van der Waals surface area contributed by atoms with E-state index in [1.807, 2.05) is 47.5 Å². The minimum atomic E-state index is -1.32. The maximum absolute atomic E-state index is 15.3. The van der Waals surface area contributed by atoms with Crippen molar-refractivity contribution in [2.24, 2.45) is 0 Å². The monoisotopic (exact) mass is 561 g/mol. The summed E-state index contributed by atoms with van der Waals surface area (Å²) in [7, 11) is 0. The molecule has 6 rings (SSSR count). The molecule has 4 aromatic rings. The Hall–Kier alpha value is -4.25. The van der Waals surface area contributed by atoms with Crippen LogP contribution >= 0.6 is 11.3 Å². The number of rotatable bonds is 6. The van der Waals surface area contributed by atoms with E-state index in [2.05, 4.69) is 0 Å². The SMILES string of the molecule is CCN(C(=O)N1CCN(c2cc3c(cc2F)c(=O)c(C(=O)O)cn3C2CC2)CC1)c1nc(-c2ccccc2)cs1. The molecular formula is C29H28FN5O4S. The summed E-state index contributed by atoms with van der Waals surface area (Å²) in [6, 6.07) is 12.6. The van der Waals surface area contributed by atoms with Crippen LogP contribution in [0.2, 0.25) is 0 Å². The highest BCUT2D eigenvalue weighted by Crippen LogP contribution is 2.38. The van der Waals surface area contributed by atoms with Gasteiger partial charge in [-0.15, -0.1) is 11.3 Å². The van der Waals surface area contributed by atoms with Crippen LogP contribution in [0.5, 0.6) is 0 Å². The highest BCUT2D eigenvalue weighted by Gasteiger charge is 2.30. The number of hydrogen-bond donors (Lipinski definition) is 1. The largest absolute Gasteiger partial charge is 0.477 e. The van der Waals surface area contributed by atoms with E-state index in [0.29, 0.717) is 49.1 Å². The molecule has 0 unspecified atom stereocenters. The predicted octanol–water partition coefficient (Wildman–Crippen LogP) is 5.07. The average molecular weight is 562 g/mol. The number of carboxylic acid groups (broad SMARTS) is 1. The maximum atomic E-state index is 15.3. The molecule has 2 aliphatic rings. The number of aromatic carboxylic acids is 1. The lowest BCUT2D eigenvalue weighted by molar-refractivity contribution is 0.0694. The first kappa shape index (κ1) is 26.0. The first-order valence-corrected chi connectivity index (χ1v) is 14.2. The van der Waals surface area contributed by atoms with Crippen LogP contribution in [-0.4, -0.2) is 64.3 Å². The lowest BCUT2D eigenvalue weighted by Crippen LogP contribution is -2.53. The Kier molecular flexibility index (Phi) is 6.75. The minimum absolute atomic E-state index is 0.0683. The molecule has 1 saturated carbocycles. The number of piperazine rings is 1. The summed E-state index contributed by atoms with van der Waals surface area (Å²) in [5.74, 6) is -1.90. The van der Waals surface area contributed by atoms with Gasteiger partial charge in [-0.3, -0.25) is 9.69 Å². The number of fused-ring (bicyclic) bond motifs is 1. The van der Waals surface area contributed by atoms with Gasteiger partial charge in [0, 0.05) is 61.3 Å². The highest BCUT2D eigenvalue weighted by atomic mass is 32.1. The first-order valence-electron chi connectivity index (χ1n) is 13.3. The maximum Gasteiger partial charge on any atom is 0.341 e. The predicted molar refractivity (Wildman–Crippen MR) is 153 cm³/mol. The molecule has 11 heteroatoms. The Balaban J connectivity index is 1.21. The second-order valence-electron chi connectivity index (χ2n) is 10.0. The number of pyridine rings is 1. The minimum Gasteiger partial charge on any atom is -0.477 e. The van der Waals surface area contributed by atoms with Crippen molar-refractivity contribution in [1.29, 1.82) is 0 Å². The van der Waals surface area contributed by atoms with Crippen LogP contribution in [0.25, 0.3) is 22.2 Å². The number of nitrogens with zero attached hydrogens (tertiary/aromatic N) is 5.